The second-order valence-corrected chi connectivity index (χ2v) is 6.99. The van der Waals surface area contributed by atoms with Crippen LogP contribution >= 0.6 is 0 Å². The summed E-state index contributed by atoms with van der Waals surface area (Å²) in [5, 5.41) is 8.82. The first-order valence-electron chi connectivity index (χ1n) is 9.02. The van der Waals surface area contributed by atoms with Gasteiger partial charge >= 0.3 is 6.16 Å². The van der Waals surface area contributed by atoms with Crippen LogP contribution in [0.15, 0.2) is 17.1 Å². The molecular weight excluding hydrogens is 371 g/mol. The van der Waals surface area contributed by atoms with Crippen molar-refractivity contribution in [1.29, 1.82) is 0 Å². The molecule has 2 aromatic heterocycles. The van der Waals surface area contributed by atoms with Gasteiger partial charge in [-0.25, -0.2) is 14.2 Å². The Morgan fingerprint density at radius 1 is 1.25 bits per heavy atom. The van der Waals surface area contributed by atoms with Gasteiger partial charge in [0.2, 0.25) is 11.3 Å². The summed E-state index contributed by atoms with van der Waals surface area (Å²) >= 11 is 0. The molecule has 1 saturated heterocycles. The number of fused-ring (bicyclic) bond motifs is 1. The van der Waals surface area contributed by atoms with Crippen LogP contribution < -0.4 is 15.1 Å². The maximum absolute atomic E-state index is 14.8. The van der Waals surface area contributed by atoms with Crippen LogP contribution in [-0.2, 0) is 4.79 Å². The first-order chi connectivity index (χ1) is 13.3. The van der Waals surface area contributed by atoms with Crippen molar-refractivity contribution in [3.63, 3.8) is 0 Å². The minimum atomic E-state index is -1.60. The number of ether oxygens (including phenoxy) is 1. The van der Waals surface area contributed by atoms with Crippen molar-refractivity contribution in [2.75, 3.05) is 31.1 Å². The molecule has 0 spiro atoms. The highest BCUT2D eigenvalue weighted by atomic mass is 19.1. The third-order valence-electron chi connectivity index (χ3n) is 5.07. The lowest BCUT2D eigenvalue weighted by molar-refractivity contribution is -0.129. The van der Waals surface area contributed by atoms with E-state index in [1.807, 2.05) is 0 Å². The molecule has 1 amide bonds. The van der Waals surface area contributed by atoms with Crippen LogP contribution in [0.4, 0.5) is 15.0 Å². The standard InChI is InChI=1S/C18H19FN4O5/c1-10(24)21-4-6-22(7-5-21)17-13(19)8-12-15(25)14(28-18(26)27)9-23(11-2-3-11)16(12)20-17/h8-9,11H,2-7H2,1H3,(H,26,27). The number of anilines is 1. The van der Waals surface area contributed by atoms with E-state index in [9.17, 15) is 18.8 Å². The molecule has 0 atom stereocenters. The maximum Gasteiger partial charge on any atom is 0.511 e. The third-order valence-corrected chi connectivity index (χ3v) is 5.07. The number of carbonyl (C=O) groups is 2. The zero-order chi connectivity index (χ0) is 20.0. The molecule has 2 aliphatic rings. The second kappa shape index (κ2) is 6.77. The molecule has 1 aliphatic heterocycles. The summed E-state index contributed by atoms with van der Waals surface area (Å²) in [5.74, 6) is -0.942. The topological polar surface area (TPSA) is 105 Å². The van der Waals surface area contributed by atoms with E-state index in [0.717, 1.165) is 18.9 Å². The minimum absolute atomic E-state index is 0.0192. The molecule has 1 saturated carbocycles. The van der Waals surface area contributed by atoms with Gasteiger partial charge in [0, 0.05) is 39.1 Å². The van der Waals surface area contributed by atoms with Crippen LogP contribution in [0.25, 0.3) is 11.0 Å². The monoisotopic (exact) mass is 390 g/mol. The third kappa shape index (κ3) is 3.25. The number of carbonyl (C=O) groups excluding carboxylic acids is 1. The molecule has 0 aromatic carbocycles. The van der Waals surface area contributed by atoms with Gasteiger partial charge in [0.05, 0.1) is 11.6 Å². The number of rotatable bonds is 3. The number of aromatic nitrogens is 2. The quantitative estimate of drug-likeness (QED) is 0.794. The lowest BCUT2D eigenvalue weighted by atomic mass is 10.2. The fraction of sp³-hybridized carbons (Fsp3) is 0.444. The predicted octanol–water partition coefficient (Wildman–Crippen LogP) is 1.60. The van der Waals surface area contributed by atoms with E-state index >= 15 is 0 Å². The van der Waals surface area contributed by atoms with Crippen LogP contribution in [0, 0.1) is 5.82 Å². The van der Waals surface area contributed by atoms with Gasteiger partial charge in [0.1, 0.15) is 5.65 Å². The molecule has 0 bridgehead atoms. The van der Waals surface area contributed by atoms with Crippen molar-refractivity contribution in [1.82, 2.24) is 14.5 Å². The Labute approximate surface area is 158 Å². The first kappa shape index (κ1) is 18.2. The molecular formula is C18H19FN4O5. The number of carboxylic acid groups (broad SMARTS) is 1. The number of nitrogens with zero attached hydrogens (tertiary/aromatic N) is 4. The molecule has 3 heterocycles. The van der Waals surface area contributed by atoms with E-state index in [1.165, 1.54) is 13.1 Å². The molecule has 2 fully saturated rings. The van der Waals surface area contributed by atoms with E-state index in [2.05, 4.69) is 9.72 Å². The zero-order valence-electron chi connectivity index (χ0n) is 15.2. The molecule has 10 heteroatoms. The summed E-state index contributed by atoms with van der Waals surface area (Å²) in [6.45, 7) is 3.30. The lowest BCUT2D eigenvalue weighted by Crippen LogP contribution is -2.48. The van der Waals surface area contributed by atoms with Crippen molar-refractivity contribution >= 4 is 28.9 Å². The fourth-order valence-electron chi connectivity index (χ4n) is 3.47. The number of hydrogen-bond acceptors (Lipinski definition) is 6. The number of piperazine rings is 1. The van der Waals surface area contributed by atoms with Crippen molar-refractivity contribution in [2.24, 2.45) is 0 Å². The van der Waals surface area contributed by atoms with Gasteiger partial charge in [0.15, 0.2) is 17.4 Å². The summed E-state index contributed by atoms with van der Waals surface area (Å²) in [5.41, 5.74) is -0.413. The molecule has 28 heavy (non-hydrogen) atoms. The molecule has 2 aromatic rings. The summed E-state index contributed by atoms with van der Waals surface area (Å²) < 4.78 is 21.1. The average molecular weight is 390 g/mol. The van der Waals surface area contributed by atoms with Crippen LogP contribution in [0.2, 0.25) is 0 Å². The van der Waals surface area contributed by atoms with Crippen molar-refractivity contribution < 1.29 is 23.8 Å². The highest BCUT2D eigenvalue weighted by Gasteiger charge is 2.29. The average Bonchev–Trinajstić information content (AvgIpc) is 3.49. The van der Waals surface area contributed by atoms with E-state index in [-0.39, 0.29) is 28.9 Å². The number of pyridine rings is 2. The fourth-order valence-corrected chi connectivity index (χ4v) is 3.47. The van der Waals surface area contributed by atoms with Crippen molar-refractivity contribution in [3.8, 4) is 5.75 Å². The summed E-state index contributed by atoms with van der Waals surface area (Å²) in [7, 11) is 0. The molecule has 0 unspecified atom stereocenters. The number of hydrogen-bond donors (Lipinski definition) is 1. The molecule has 9 nitrogen and oxygen atoms in total. The zero-order valence-corrected chi connectivity index (χ0v) is 15.2. The van der Waals surface area contributed by atoms with Crippen LogP contribution in [0.5, 0.6) is 5.75 Å². The van der Waals surface area contributed by atoms with E-state index < -0.39 is 17.4 Å². The molecule has 4 rings (SSSR count). The smallest absolute Gasteiger partial charge is 0.449 e. The van der Waals surface area contributed by atoms with Gasteiger partial charge in [-0.1, -0.05) is 0 Å². The Morgan fingerprint density at radius 2 is 1.93 bits per heavy atom. The van der Waals surface area contributed by atoms with E-state index in [4.69, 9.17) is 5.11 Å². The van der Waals surface area contributed by atoms with Gasteiger partial charge in [-0.3, -0.25) is 9.59 Å². The summed E-state index contributed by atoms with van der Waals surface area (Å²) in [4.78, 5) is 42.7. The van der Waals surface area contributed by atoms with Gasteiger partial charge in [-0.05, 0) is 18.9 Å². The van der Waals surface area contributed by atoms with Crippen LogP contribution in [0.1, 0.15) is 25.8 Å². The summed E-state index contributed by atoms with van der Waals surface area (Å²) in [6.07, 6.45) is 1.44. The Morgan fingerprint density at radius 3 is 2.50 bits per heavy atom. The Balaban J connectivity index is 1.78. The Kier molecular flexibility index (Phi) is 4.40. The highest BCUT2D eigenvalue weighted by molar-refractivity contribution is 5.80. The maximum atomic E-state index is 14.8. The van der Waals surface area contributed by atoms with Gasteiger partial charge in [0.25, 0.3) is 0 Å². The molecule has 0 radical (unpaired) electrons. The normalized spacial score (nSPS) is 17.1. The van der Waals surface area contributed by atoms with Crippen LogP contribution in [0.3, 0.4) is 0 Å². The highest BCUT2D eigenvalue weighted by Crippen LogP contribution is 2.38. The SMILES string of the molecule is CC(=O)N1CCN(c2nc3c(cc2F)c(=O)c(OC(=O)O)cn3C2CC2)CC1. The van der Waals surface area contributed by atoms with E-state index in [1.54, 1.807) is 14.4 Å². The van der Waals surface area contributed by atoms with Gasteiger partial charge < -0.3 is 24.2 Å². The van der Waals surface area contributed by atoms with Crippen molar-refractivity contribution in [2.45, 2.75) is 25.8 Å². The van der Waals surface area contributed by atoms with Crippen molar-refractivity contribution in [3.05, 3.63) is 28.3 Å². The largest absolute Gasteiger partial charge is 0.511 e. The molecule has 1 aliphatic carbocycles. The molecule has 1 N–H and O–H groups in total. The molecule has 148 valence electrons. The van der Waals surface area contributed by atoms with Gasteiger partial charge in [-0.2, -0.15) is 0 Å². The van der Waals surface area contributed by atoms with Gasteiger partial charge in [-0.15, -0.1) is 0 Å². The van der Waals surface area contributed by atoms with E-state index in [0.29, 0.717) is 31.8 Å². The second-order valence-electron chi connectivity index (χ2n) is 6.99. The van der Waals surface area contributed by atoms with Crippen LogP contribution in [-0.4, -0.2) is 57.8 Å². The predicted molar refractivity (Wildman–Crippen MR) is 97.4 cm³/mol. The summed E-state index contributed by atoms with van der Waals surface area (Å²) in [6, 6.07) is 1.16. The lowest BCUT2D eigenvalue weighted by Gasteiger charge is -2.35. The Hall–Kier alpha value is -3.17. The Bertz CT molecular complexity index is 1020. The first-order valence-corrected chi connectivity index (χ1v) is 9.02. The minimum Gasteiger partial charge on any atom is -0.449 e. The number of amides is 1. The number of halogens is 1.